The fourth-order valence-corrected chi connectivity index (χ4v) is 2.92. The standard InChI is InChI=1S/C20H16N4O3/c25-18-14(12-17-21-15-8-4-5-9-16(15)22-17)19(26)24(20(27)23-18)11-10-13-6-2-1-3-7-13/h1-9,12,26H,10-11H2,(H,23,25,27). The molecule has 0 fully saturated rings. The largest absolute Gasteiger partial charge is 0.494 e. The molecule has 27 heavy (non-hydrogen) atoms. The van der Waals surface area contributed by atoms with Crippen LogP contribution in [0, 0.1) is 0 Å². The molecule has 0 saturated heterocycles. The van der Waals surface area contributed by atoms with E-state index >= 15 is 0 Å². The Morgan fingerprint density at radius 3 is 2.26 bits per heavy atom. The number of para-hydroxylation sites is 2. The number of nitrogens with zero attached hydrogens (tertiary/aromatic N) is 3. The van der Waals surface area contributed by atoms with Gasteiger partial charge in [0.15, 0.2) is 5.82 Å². The second-order valence-electron chi connectivity index (χ2n) is 6.10. The van der Waals surface area contributed by atoms with Gasteiger partial charge < -0.3 is 5.11 Å². The van der Waals surface area contributed by atoms with Crippen LogP contribution >= 0.6 is 0 Å². The molecule has 0 atom stereocenters. The smallest absolute Gasteiger partial charge is 0.331 e. The van der Waals surface area contributed by atoms with Crippen molar-refractivity contribution in [2.75, 3.05) is 0 Å². The number of benzene rings is 2. The SMILES string of the molecule is O=c1[nH]c(=O)n(CCc2ccccc2)c(O)c1C=C1N=c2ccccc2=N1. The molecule has 7 heteroatoms. The van der Waals surface area contributed by atoms with Gasteiger partial charge in [-0.1, -0.05) is 42.5 Å². The minimum absolute atomic E-state index is 0.0435. The van der Waals surface area contributed by atoms with Gasteiger partial charge in [0.2, 0.25) is 5.88 Å². The Balaban J connectivity index is 1.72. The number of nitrogens with one attached hydrogen (secondary N) is 1. The van der Waals surface area contributed by atoms with Gasteiger partial charge in [0.25, 0.3) is 5.56 Å². The van der Waals surface area contributed by atoms with Crippen LogP contribution in [-0.2, 0) is 13.0 Å². The number of hydrogen-bond acceptors (Lipinski definition) is 5. The van der Waals surface area contributed by atoms with Gasteiger partial charge in [-0.05, 0) is 24.1 Å². The summed E-state index contributed by atoms with van der Waals surface area (Å²) in [5, 5.41) is 11.9. The molecule has 0 unspecified atom stereocenters. The van der Waals surface area contributed by atoms with Crippen LogP contribution in [0.25, 0.3) is 6.08 Å². The summed E-state index contributed by atoms with van der Waals surface area (Å²) in [4.78, 5) is 35.2. The zero-order valence-electron chi connectivity index (χ0n) is 14.3. The Labute approximate surface area is 153 Å². The Morgan fingerprint density at radius 2 is 1.59 bits per heavy atom. The van der Waals surface area contributed by atoms with Crippen molar-refractivity contribution >= 4 is 6.08 Å². The first-order chi connectivity index (χ1) is 13.1. The predicted molar refractivity (Wildman–Crippen MR) is 99.9 cm³/mol. The van der Waals surface area contributed by atoms with Gasteiger partial charge in [-0.15, -0.1) is 0 Å². The first-order valence-electron chi connectivity index (χ1n) is 8.46. The molecule has 1 aliphatic heterocycles. The lowest BCUT2D eigenvalue weighted by molar-refractivity contribution is 0.399. The summed E-state index contributed by atoms with van der Waals surface area (Å²) < 4.78 is 1.14. The highest BCUT2D eigenvalue weighted by Gasteiger charge is 2.14. The van der Waals surface area contributed by atoms with Gasteiger partial charge in [0.1, 0.15) is 5.56 Å². The lowest BCUT2D eigenvalue weighted by Gasteiger charge is -2.09. The first kappa shape index (κ1) is 16.7. The maximum Gasteiger partial charge on any atom is 0.331 e. The zero-order chi connectivity index (χ0) is 18.8. The van der Waals surface area contributed by atoms with Crippen molar-refractivity contribution in [3.8, 4) is 5.88 Å². The highest BCUT2D eigenvalue weighted by molar-refractivity contribution is 5.56. The number of aryl methyl sites for hydroxylation is 1. The van der Waals surface area contributed by atoms with E-state index in [9.17, 15) is 14.7 Å². The van der Waals surface area contributed by atoms with E-state index in [4.69, 9.17) is 0 Å². The molecule has 1 aliphatic rings. The lowest BCUT2D eigenvalue weighted by Crippen LogP contribution is -2.31. The zero-order valence-corrected chi connectivity index (χ0v) is 14.3. The minimum Gasteiger partial charge on any atom is -0.494 e. The molecule has 4 rings (SSSR count). The summed E-state index contributed by atoms with van der Waals surface area (Å²) in [5.74, 6) is -0.0983. The van der Waals surface area contributed by atoms with E-state index < -0.39 is 17.1 Å². The number of fused-ring (bicyclic) bond motifs is 1. The maximum absolute atomic E-state index is 12.2. The summed E-state index contributed by atoms with van der Waals surface area (Å²) >= 11 is 0. The molecule has 2 N–H and O–H groups in total. The van der Waals surface area contributed by atoms with Crippen molar-refractivity contribution in [1.82, 2.24) is 9.55 Å². The number of aromatic amines is 1. The molecular weight excluding hydrogens is 344 g/mol. The monoisotopic (exact) mass is 360 g/mol. The number of aromatic hydroxyl groups is 1. The Morgan fingerprint density at radius 1 is 0.963 bits per heavy atom. The fourth-order valence-electron chi connectivity index (χ4n) is 2.92. The van der Waals surface area contributed by atoms with Gasteiger partial charge >= 0.3 is 5.69 Å². The molecule has 0 saturated carbocycles. The van der Waals surface area contributed by atoms with E-state index in [1.54, 1.807) is 0 Å². The normalized spacial score (nSPS) is 12.2. The molecule has 0 spiro atoms. The maximum atomic E-state index is 12.2. The second-order valence-corrected chi connectivity index (χ2v) is 6.10. The predicted octanol–water partition coefficient (Wildman–Crippen LogP) is 0.736. The summed E-state index contributed by atoms with van der Waals surface area (Å²) in [6.07, 6.45) is 1.92. The van der Waals surface area contributed by atoms with Gasteiger partial charge in [0, 0.05) is 12.6 Å². The van der Waals surface area contributed by atoms with Crippen molar-refractivity contribution < 1.29 is 5.11 Å². The molecule has 0 radical (unpaired) electrons. The van der Waals surface area contributed by atoms with Crippen LogP contribution in [0.2, 0.25) is 0 Å². The average molecular weight is 360 g/mol. The fraction of sp³-hybridized carbons (Fsp3) is 0.100. The molecule has 134 valence electrons. The number of H-pyrrole nitrogens is 1. The number of aromatic nitrogens is 2. The van der Waals surface area contributed by atoms with Crippen LogP contribution in [0.4, 0.5) is 0 Å². The average Bonchev–Trinajstić information content (AvgIpc) is 3.08. The summed E-state index contributed by atoms with van der Waals surface area (Å²) in [6, 6.07) is 16.9. The van der Waals surface area contributed by atoms with E-state index in [-0.39, 0.29) is 12.1 Å². The van der Waals surface area contributed by atoms with Gasteiger partial charge in [-0.3, -0.25) is 14.3 Å². The van der Waals surface area contributed by atoms with Crippen LogP contribution in [0.15, 0.2) is 80.0 Å². The third kappa shape index (κ3) is 3.35. The van der Waals surface area contributed by atoms with Crippen LogP contribution in [-0.4, -0.2) is 14.7 Å². The summed E-state index contributed by atoms with van der Waals surface area (Å²) in [5.41, 5.74) is -0.356. The third-order valence-electron chi connectivity index (χ3n) is 4.30. The van der Waals surface area contributed by atoms with Crippen molar-refractivity contribution in [1.29, 1.82) is 0 Å². The van der Waals surface area contributed by atoms with Crippen LogP contribution in [0.1, 0.15) is 11.1 Å². The van der Waals surface area contributed by atoms with E-state index in [0.29, 0.717) is 23.0 Å². The van der Waals surface area contributed by atoms with E-state index in [2.05, 4.69) is 15.0 Å². The van der Waals surface area contributed by atoms with Crippen LogP contribution in [0.3, 0.4) is 0 Å². The van der Waals surface area contributed by atoms with Crippen molar-refractivity contribution in [3.63, 3.8) is 0 Å². The molecule has 7 nitrogen and oxygen atoms in total. The minimum atomic E-state index is -0.678. The quantitative estimate of drug-likeness (QED) is 0.718. The highest BCUT2D eigenvalue weighted by Crippen LogP contribution is 2.16. The van der Waals surface area contributed by atoms with E-state index in [1.165, 1.54) is 6.08 Å². The molecule has 0 amide bonds. The second kappa shape index (κ2) is 6.87. The molecule has 0 bridgehead atoms. The highest BCUT2D eigenvalue weighted by atomic mass is 16.3. The lowest BCUT2D eigenvalue weighted by atomic mass is 10.1. The van der Waals surface area contributed by atoms with Gasteiger partial charge in [0.05, 0.1) is 10.7 Å². The van der Waals surface area contributed by atoms with Gasteiger partial charge in [-0.2, -0.15) is 0 Å². The molecule has 3 aromatic rings. The first-order valence-corrected chi connectivity index (χ1v) is 8.46. The van der Waals surface area contributed by atoms with E-state index in [1.807, 2.05) is 54.6 Å². The van der Waals surface area contributed by atoms with Gasteiger partial charge in [-0.25, -0.2) is 14.8 Å². The van der Waals surface area contributed by atoms with Crippen molar-refractivity contribution in [2.45, 2.75) is 13.0 Å². The Hall–Kier alpha value is -3.74. The number of rotatable bonds is 4. The number of hydrogen-bond donors (Lipinski definition) is 2. The van der Waals surface area contributed by atoms with Crippen molar-refractivity contribution in [3.05, 3.63) is 103 Å². The topological polar surface area (TPSA) is 99.8 Å². The molecular formula is C20H16N4O3. The summed E-state index contributed by atoms with van der Waals surface area (Å²) in [6.45, 7) is 0.232. The molecule has 2 aromatic carbocycles. The van der Waals surface area contributed by atoms with Crippen molar-refractivity contribution in [2.24, 2.45) is 9.98 Å². The summed E-state index contributed by atoms with van der Waals surface area (Å²) in [7, 11) is 0. The Kier molecular flexibility index (Phi) is 4.25. The molecule has 2 heterocycles. The molecule has 1 aromatic heterocycles. The van der Waals surface area contributed by atoms with Crippen LogP contribution < -0.4 is 22.0 Å². The Bertz CT molecular complexity index is 1230. The third-order valence-corrected chi connectivity index (χ3v) is 4.30. The van der Waals surface area contributed by atoms with Crippen LogP contribution in [0.5, 0.6) is 5.88 Å². The molecule has 0 aliphatic carbocycles. The van der Waals surface area contributed by atoms with E-state index in [0.717, 1.165) is 10.1 Å².